The van der Waals surface area contributed by atoms with Gasteiger partial charge in [0.2, 0.25) is 6.54 Å². The lowest BCUT2D eigenvalue weighted by Gasteiger charge is -2.35. The molecule has 0 spiro atoms. The van der Waals surface area contributed by atoms with Gasteiger partial charge in [-0.2, -0.15) is 0 Å². The lowest BCUT2D eigenvalue weighted by atomic mass is 9.65. The number of Topliss-reactive ketones (excluding diaryl/α,β-unsaturated/α-hetero) is 1. The molecule has 0 N–H and O–H groups in total. The second kappa shape index (κ2) is 5.41. The van der Waals surface area contributed by atoms with Crippen molar-refractivity contribution in [2.45, 2.75) is 25.2 Å². The second-order valence-electron chi connectivity index (χ2n) is 5.12. The van der Waals surface area contributed by atoms with Crippen LogP contribution in [0, 0.1) is 10.1 Å². The fraction of sp³-hybridized carbons (Fsp3) is 0.312. The molecule has 1 aromatic carbocycles. The van der Waals surface area contributed by atoms with Crippen molar-refractivity contribution in [1.82, 2.24) is 0 Å². The van der Waals surface area contributed by atoms with Crippen LogP contribution in [0.15, 0.2) is 42.5 Å². The summed E-state index contributed by atoms with van der Waals surface area (Å²) in [5.74, 6) is -0.0297. The Bertz CT molecular complexity index is 603. The second-order valence-corrected chi connectivity index (χ2v) is 5.12. The molecule has 0 unspecified atom stereocenters. The van der Waals surface area contributed by atoms with Crippen LogP contribution in [0.4, 0.5) is 0 Å². The smallest absolute Gasteiger partial charge is 0.205 e. The number of carbonyl (C=O) groups excluding carboxylic acids is 1. The van der Waals surface area contributed by atoms with Gasteiger partial charge in [-0.05, 0) is 36.1 Å². The van der Waals surface area contributed by atoms with Crippen molar-refractivity contribution >= 4 is 11.9 Å². The highest BCUT2D eigenvalue weighted by molar-refractivity contribution is 6.09. The van der Waals surface area contributed by atoms with Crippen LogP contribution in [-0.2, 0) is 10.2 Å². The van der Waals surface area contributed by atoms with Gasteiger partial charge in [0, 0.05) is 11.3 Å². The summed E-state index contributed by atoms with van der Waals surface area (Å²) in [6, 6.07) is 7.60. The molecule has 2 rings (SSSR count). The van der Waals surface area contributed by atoms with Crippen molar-refractivity contribution in [2.24, 2.45) is 0 Å². The molecule has 1 aromatic rings. The Labute approximate surface area is 118 Å². The Morgan fingerprint density at radius 1 is 1.40 bits per heavy atom. The number of nitrogens with zero attached hydrogens (tertiary/aromatic N) is 1. The molecule has 0 saturated heterocycles. The van der Waals surface area contributed by atoms with Gasteiger partial charge in [-0.15, -0.1) is 6.58 Å². The largest absolute Gasteiger partial charge is 0.294 e. The molecule has 0 fully saturated rings. The topological polar surface area (TPSA) is 60.2 Å². The van der Waals surface area contributed by atoms with Gasteiger partial charge >= 0.3 is 0 Å². The van der Waals surface area contributed by atoms with Crippen molar-refractivity contribution in [3.05, 3.63) is 63.7 Å². The molecule has 0 aromatic heterocycles. The van der Waals surface area contributed by atoms with Gasteiger partial charge in [-0.25, -0.2) is 0 Å². The van der Waals surface area contributed by atoms with Crippen LogP contribution >= 0.6 is 0 Å². The third-order valence-corrected chi connectivity index (χ3v) is 3.86. The van der Waals surface area contributed by atoms with E-state index in [9.17, 15) is 14.9 Å². The molecular weight excluding hydrogens is 254 g/mol. The molecule has 104 valence electrons. The first-order valence-electron chi connectivity index (χ1n) is 6.56. The van der Waals surface area contributed by atoms with E-state index in [4.69, 9.17) is 0 Å². The first-order chi connectivity index (χ1) is 9.51. The summed E-state index contributed by atoms with van der Waals surface area (Å²) in [5.41, 5.74) is 1.64. The van der Waals surface area contributed by atoms with E-state index in [2.05, 4.69) is 6.58 Å². The van der Waals surface area contributed by atoms with E-state index in [1.807, 2.05) is 30.3 Å². The molecule has 20 heavy (non-hydrogen) atoms. The third kappa shape index (κ3) is 2.29. The zero-order valence-corrected chi connectivity index (χ0v) is 11.5. The minimum Gasteiger partial charge on any atom is -0.294 e. The summed E-state index contributed by atoms with van der Waals surface area (Å²) in [7, 11) is 0. The van der Waals surface area contributed by atoms with E-state index >= 15 is 0 Å². The summed E-state index contributed by atoms with van der Waals surface area (Å²) >= 11 is 0. The van der Waals surface area contributed by atoms with E-state index in [-0.39, 0.29) is 23.7 Å². The summed E-state index contributed by atoms with van der Waals surface area (Å²) in [6.07, 6.45) is 4.15. The predicted octanol–water partition coefficient (Wildman–Crippen LogP) is 3.15. The summed E-state index contributed by atoms with van der Waals surface area (Å²) < 4.78 is 0. The zero-order valence-electron chi connectivity index (χ0n) is 11.5. The fourth-order valence-electron chi connectivity index (χ4n) is 2.94. The lowest BCUT2D eigenvalue weighted by molar-refractivity contribution is -0.481. The third-order valence-electron chi connectivity index (χ3n) is 3.86. The van der Waals surface area contributed by atoms with E-state index in [0.717, 1.165) is 11.1 Å². The van der Waals surface area contributed by atoms with Gasteiger partial charge < -0.3 is 0 Å². The van der Waals surface area contributed by atoms with Crippen LogP contribution in [0.2, 0.25) is 0 Å². The first-order valence-corrected chi connectivity index (χ1v) is 6.56. The van der Waals surface area contributed by atoms with Gasteiger partial charge in [-0.3, -0.25) is 14.9 Å². The molecular formula is C16H17NO3. The van der Waals surface area contributed by atoms with Crippen molar-refractivity contribution in [2.75, 3.05) is 6.54 Å². The van der Waals surface area contributed by atoms with E-state index in [1.54, 1.807) is 13.0 Å². The maximum atomic E-state index is 12.7. The molecule has 0 amide bonds. The van der Waals surface area contributed by atoms with E-state index in [0.29, 0.717) is 12.0 Å². The molecule has 1 atom stereocenters. The normalized spacial score (nSPS) is 21.1. The molecule has 0 aliphatic heterocycles. The monoisotopic (exact) mass is 271 g/mol. The van der Waals surface area contributed by atoms with E-state index in [1.165, 1.54) is 0 Å². The molecule has 1 aliphatic carbocycles. The molecule has 0 radical (unpaired) electrons. The van der Waals surface area contributed by atoms with Crippen molar-refractivity contribution < 1.29 is 9.72 Å². The average molecular weight is 271 g/mol. The first kappa shape index (κ1) is 14.2. The van der Waals surface area contributed by atoms with Crippen LogP contribution in [0.1, 0.15) is 30.9 Å². The lowest BCUT2D eigenvalue weighted by Crippen LogP contribution is -2.40. The predicted molar refractivity (Wildman–Crippen MR) is 78.1 cm³/mol. The van der Waals surface area contributed by atoms with Gasteiger partial charge in [0.15, 0.2) is 5.78 Å². The maximum absolute atomic E-state index is 12.7. The Kier molecular flexibility index (Phi) is 3.84. The van der Waals surface area contributed by atoms with Crippen LogP contribution in [0.5, 0.6) is 0 Å². The standard InChI is InChI=1S/C16H17NO3/c1-3-8-16(9-10-17(19)20)14-7-5-4-6-13(14)11-12(2)15(16)18/h3-7,11H,1,8-10H2,2H3/t16-/m1/s1. The van der Waals surface area contributed by atoms with Crippen molar-refractivity contribution in [3.8, 4) is 0 Å². The number of rotatable bonds is 5. The quantitative estimate of drug-likeness (QED) is 0.469. The molecule has 0 saturated carbocycles. The highest BCUT2D eigenvalue weighted by atomic mass is 16.6. The van der Waals surface area contributed by atoms with Crippen LogP contribution in [-0.4, -0.2) is 17.3 Å². The summed E-state index contributed by atoms with van der Waals surface area (Å²) in [4.78, 5) is 23.0. The minimum atomic E-state index is -0.843. The number of hydrogen-bond donors (Lipinski definition) is 0. The molecule has 0 heterocycles. The molecule has 1 aliphatic rings. The van der Waals surface area contributed by atoms with Crippen LogP contribution in [0.25, 0.3) is 6.08 Å². The molecule has 4 heteroatoms. The maximum Gasteiger partial charge on any atom is 0.205 e. The number of benzene rings is 1. The van der Waals surface area contributed by atoms with Crippen molar-refractivity contribution in [3.63, 3.8) is 0 Å². The van der Waals surface area contributed by atoms with Gasteiger partial charge in [0.05, 0.1) is 5.41 Å². The van der Waals surface area contributed by atoms with Crippen molar-refractivity contribution in [1.29, 1.82) is 0 Å². The van der Waals surface area contributed by atoms with Crippen LogP contribution < -0.4 is 0 Å². The Morgan fingerprint density at radius 2 is 2.10 bits per heavy atom. The number of nitro groups is 1. The SMILES string of the molecule is C=CC[C@]1(CC[N+](=O)[O-])C(=O)C(C)=Cc2ccccc21. The number of allylic oxidation sites excluding steroid dienone is 2. The Balaban J connectivity index is 2.58. The number of fused-ring (bicyclic) bond motifs is 1. The number of hydrogen-bond acceptors (Lipinski definition) is 3. The Hall–Kier alpha value is -2.23. The Morgan fingerprint density at radius 3 is 2.75 bits per heavy atom. The number of carbonyl (C=O) groups is 1. The van der Waals surface area contributed by atoms with Gasteiger partial charge in [0.25, 0.3) is 0 Å². The summed E-state index contributed by atoms with van der Waals surface area (Å²) in [6.45, 7) is 5.26. The average Bonchev–Trinajstić information content (AvgIpc) is 2.42. The van der Waals surface area contributed by atoms with E-state index < -0.39 is 5.41 Å². The van der Waals surface area contributed by atoms with Gasteiger partial charge in [0.1, 0.15) is 0 Å². The molecule has 4 nitrogen and oxygen atoms in total. The fourth-order valence-corrected chi connectivity index (χ4v) is 2.94. The highest BCUT2D eigenvalue weighted by Crippen LogP contribution is 2.41. The number of ketones is 1. The molecule has 0 bridgehead atoms. The summed E-state index contributed by atoms with van der Waals surface area (Å²) in [5, 5.41) is 10.7. The van der Waals surface area contributed by atoms with Gasteiger partial charge in [-0.1, -0.05) is 30.3 Å². The zero-order chi connectivity index (χ0) is 14.8. The highest BCUT2D eigenvalue weighted by Gasteiger charge is 2.43. The van der Waals surface area contributed by atoms with Crippen LogP contribution in [0.3, 0.4) is 0 Å². The minimum absolute atomic E-state index is 0.0297.